The molecule has 1 amide bonds. The second-order valence-corrected chi connectivity index (χ2v) is 6.92. The fourth-order valence-electron chi connectivity index (χ4n) is 2.64. The first-order valence-electron chi connectivity index (χ1n) is 8.94. The summed E-state index contributed by atoms with van der Waals surface area (Å²) in [6.07, 6.45) is 3.63. The zero-order valence-electron chi connectivity index (χ0n) is 15.8. The summed E-state index contributed by atoms with van der Waals surface area (Å²) in [5.74, 6) is 0.494. The number of nitrogens with one attached hydrogen (secondary N) is 1. The molecule has 7 nitrogen and oxygen atoms in total. The van der Waals surface area contributed by atoms with E-state index in [0.29, 0.717) is 40.4 Å². The number of rotatable bonds is 8. The van der Waals surface area contributed by atoms with Crippen LogP contribution in [0.5, 0.6) is 11.5 Å². The molecule has 0 saturated carbocycles. The quantitative estimate of drug-likeness (QED) is 0.555. The van der Waals surface area contributed by atoms with E-state index in [4.69, 9.17) is 14.7 Å². The monoisotopic (exact) mass is 454 g/mol. The number of halogens is 1. The minimum atomic E-state index is -0.302. The van der Waals surface area contributed by atoms with Gasteiger partial charge in [-0.1, -0.05) is 12.1 Å². The molecular formula is C21H19BrN4O3. The molecule has 0 aliphatic rings. The second-order valence-electron chi connectivity index (χ2n) is 6.07. The van der Waals surface area contributed by atoms with Crippen LogP contribution in [0.2, 0.25) is 0 Å². The molecule has 0 aliphatic carbocycles. The van der Waals surface area contributed by atoms with Crippen LogP contribution in [0.3, 0.4) is 0 Å². The van der Waals surface area contributed by atoms with Gasteiger partial charge < -0.3 is 14.8 Å². The van der Waals surface area contributed by atoms with Gasteiger partial charge in [-0.25, -0.2) is 0 Å². The molecule has 1 aromatic heterocycles. The number of amides is 1. The van der Waals surface area contributed by atoms with Crippen molar-refractivity contribution in [1.29, 1.82) is 5.26 Å². The van der Waals surface area contributed by atoms with Crippen molar-refractivity contribution < 1.29 is 14.3 Å². The number of nitriles is 1. The van der Waals surface area contributed by atoms with Crippen molar-refractivity contribution in [1.82, 2.24) is 9.78 Å². The third-order valence-corrected chi connectivity index (χ3v) is 4.52. The van der Waals surface area contributed by atoms with Gasteiger partial charge in [0, 0.05) is 24.1 Å². The Kier molecular flexibility index (Phi) is 6.87. The lowest BCUT2D eigenvalue weighted by atomic mass is 10.2. The Morgan fingerprint density at radius 1 is 1.28 bits per heavy atom. The van der Waals surface area contributed by atoms with Crippen LogP contribution in [0.15, 0.2) is 59.3 Å². The van der Waals surface area contributed by atoms with E-state index < -0.39 is 0 Å². The number of hydrogen-bond acceptors (Lipinski definition) is 5. The molecule has 3 aromatic rings. The second kappa shape index (κ2) is 9.75. The highest BCUT2D eigenvalue weighted by molar-refractivity contribution is 9.10. The molecule has 2 aromatic carbocycles. The molecule has 0 spiro atoms. The zero-order chi connectivity index (χ0) is 20.6. The Bertz CT molecular complexity index is 1010. The van der Waals surface area contributed by atoms with Crippen molar-refractivity contribution in [3.63, 3.8) is 0 Å². The molecule has 29 heavy (non-hydrogen) atoms. The molecule has 1 N–H and O–H groups in total. The first-order chi connectivity index (χ1) is 14.1. The van der Waals surface area contributed by atoms with Crippen molar-refractivity contribution in [3.8, 4) is 17.6 Å². The highest BCUT2D eigenvalue weighted by Gasteiger charge is 2.14. The van der Waals surface area contributed by atoms with E-state index in [1.807, 2.05) is 48.1 Å². The van der Waals surface area contributed by atoms with Gasteiger partial charge in [0.05, 0.1) is 29.3 Å². The number of anilines is 1. The predicted molar refractivity (Wildman–Crippen MR) is 112 cm³/mol. The molecular weight excluding hydrogens is 436 g/mol. The van der Waals surface area contributed by atoms with E-state index in [2.05, 4.69) is 32.4 Å². The Morgan fingerprint density at radius 3 is 2.72 bits per heavy atom. The number of benzene rings is 2. The highest BCUT2D eigenvalue weighted by atomic mass is 79.9. The van der Waals surface area contributed by atoms with Crippen LogP contribution in [-0.4, -0.2) is 28.9 Å². The molecule has 0 aliphatic heterocycles. The summed E-state index contributed by atoms with van der Waals surface area (Å²) in [4.78, 5) is 12.3. The summed E-state index contributed by atoms with van der Waals surface area (Å²) >= 11 is 3.36. The molecule has 8 heteroatoms. The van der Waals surface area contributed by atoms with Gasteiger partial charge in [-0.3, -0.25) is 9.48 Å². The van der Waals surface area contributed by atoms with Crippen LogP contribution in [-0.2, 0) is 11.3 Å². The maximum atomic E-state index is 12.3. The fourth-order valence-corrected chi connectivity index (χ4v) is 3.20. The van der Waals surface area contributed by atoms with Gasteiger partial charge in [0.2, 0.25) is 0 Å². The SMILES string of the molecule is CCOc1cc(C#N)cc(Br)c1OCC(=O)Nc1ccc(Cn2cccn2)cc1. The van der Waals surface area contributed by atoms with Crippen LogP contribution in [0.25, 0.3) is 0 Å². The van der Waals surface area contributed by atoms with Crippen molar-refractivity contribution in [2.75, 3.05) is 18.5 Å². The molecule has 0 atom stereocenters. The van der Waals surface area contributed by atoms with Gasteiger partial charge in [0.1, 0.15) is 0 Å². The van der Waals surface area contributed by atoms with Crippen molar-refractivity contribution in [3.05, 3.63) is 70.5 Å². The van der Waals surface area contributed by atoms with E-state index in [1.165, 1.54) is 0 Å². The molecule has 0 bridgehead atoms. The number of aromatic nitrogens is 2. The van der Waals surface area contributed by atoms with E-state index >= 15 is 0 Å². The molecule has 0 saturated heterocycles. The Morgan fingerprint density at radius 2 is 2.07 bits per heavy atom. The number of hydrogen-bond donors (Lipinski definition) is 1. The average Bonchev–Trinajstić information content (AvgIpc) is 3.22. The average molecular weight is 455 g/mol. The Labute approximate surface area is 177 Å². The van der Waals surface area contributed by atoms with Gasteiger partial charge in [-0.15, -0.1) is 0 Å². The molecule has 0 fully saturated rings. The predicted octanol–water partition coefficient (Wildman–Crippen LogP) is 3.98. The minimum absolute atomic E-state index is 0.195. The maximum Gasteiger partial charge on any atom is 0.262 e. The van der Waals surface area contributed by atoms with Crippen LogP contribution in [0.4, 0.5) is 5.69 Å². The molecule has 148 valence electrons. The lowest BCUT2D eigenvalue weighted by Crippen LogP contribution is -2.20. The largest absolute Gasteiger partial charge is 0.490 e. The van der Waals surface area contributed by atoms with Crippen LogP contribution in [0.1, 0.15) is 18.1 Å². The van der Waals surface area contributed by atoms with Crippen LogP contribution < -0.4 is 14.8 Å². The van der Waals surface area contributed by atoms with Gasteiger partial charge in [-0.2, -0.15) is 10.4 Å². The summed E-state index contributed by atoms with van der Waals surface area (Å²) in [6, 6.07) is 14.7. The number of ether oxygens (including phenoxy) is 2. The maximum absolute atomic E-state index is 12.3. The minimum Gasteiger partial charge on any atom is -0.490 e. The smallest absolute Gasteiger partial charge is 0.262 e. The first kappa shape index (κ1) is 20.4. The van der Waals surface area contributed by atoms with Gasteiger partial charge >= 0.3 is 0 Å². The van der Waals surface area contributed by atoms with E-state index in [0.717, 1.165) is 5.56 Å². The topological polar surface area (TPSA) is 89.2 Å². The summed E-state index contributed by atoms with van der Waals surface area (Å²) < 4.78 is 13.5. The fraction of sp³-hybridized carbons (Fsp3) is 0.190. The third kappa shape index (κ3) is 5.59. The summed E-state index contributed by atoms with van der Waals surface area (Å²) in [6.45, 7) is 2.71. The first-order valence-corrected chi connectivity index (χ1v) is 9.73. The zero-order valence-corrected chi connectivity index (χ0v) is 17.3. The van der Waals surface area contributed by atoms with Gasteiger partial charge in [0.15, 0.2) is 18.1 Å². The van der Waals surface area contributed by atoms with Crippen LogP contribution in [0, 0.1) is 11.3 Å². The summed E-state index contributed by atoms with van der Waals surface area (Å²) in [7, 11) is 0. The molecule has 0 unspecified atom stereocenters. The normalized spacial score (nSPS) is 10.2. The number of nitrogens with zero attached hydrogens (tertiary/aromatic N) is 3. The van der Waals surface area contributed by atoms with Crippen LogP contribution >= 0.6 is 15.9 Å². The third-order valence-electron chi connectivity index (χ3n) is 3.93. The van der Waals surface area contributed by atoms with E-state index in [-0.39, 0.29) is 12.5 Å². The number of carbonyl (C=O) groups is 1. The lowest BCUT2D eigenvalue weighted by molar-refractivity contribution is -0.118. The molecule has 3 rings (SSSR count). The van der Waals surface area contributed by atoms with Crippen molar-refractivity contribution in [2.45, 2.75) is 13.5 Å². The number of carbonyl (C=O) groups excluding carboxylic acids is 1. The lowest BCUT2D eigenvalue weighted by Gasteiger charge is -2.14. The van der Waals surface area contributed by atoms with Gasteiger partial charge in [0.25, 0.3) is 5.91 Å². The standard InChI is InChI=1S/C21H19BrN4O3/c1-2-28-19-11-16(12-23)10-18(22)21(19)29-14-20(27)25-17-6-4-15(5-7-17)13-26-9-3-8-24-26/h3-11H,2,13-14H2,1H3,(H,25,27). The van der Waals surface area contributed by atoms with Crippen molar-refractivity contribution >= 4 is 27.5 Å². The highest BCUT2D eigenvalue weighted by Crippen LogP contribution is 2.36. The summed E-state index contributed by atoms with van der Waals surface area (Å²) in [5, 5.41) is 16.1. The van der Waals surface area contributed by atoms with E-state index in [1.54, 1.807) is 18.3 Å². The Balaban J connectivity index is 1.59. The Hall–Kier alpha value is -3.31. The molecule has 1 heterocycles. The molecule has 0 radical (unpaired) electrons. The van der Waals surface area contributed by atoms with Gasteiger partial charge in [-0.05, 0) is 52.7 Å². The van der Waals surface area contributed by atoms with E-state index in [9.17, 15) is 4.79 Å². The summed E-state index contributed by atoms with van der Waals surface area (Å²) in [5.41, 5.74) is 2.19. The van der Waals surface area contributed by atoms with Crippen molar-refractivity contribution in [2.24, 2.45) is 0 Å².